The molecule has 0 spiro atoms. The zero-order valence-electron chi connectivity index (χ0n) is 9.32. The molecule has 0 aliphatic rings. The van der Waals surface area contributed by atoms with Crippen LogP contribution in [0.5, 0.6) is 11.5 Å². The molecular formula is C11H11ClO5. The van der Waals surface area contributed by atoms with E-state index in [-0.39, 0.29) is 34.1 Å². The van der Waals surface area contributed by atoms with Gasteiger partial charge in [-0.2, -0.15) is 0 Å². The van der Waals surface area contributed by atoms with Crippen LogP contribution in [-0.4, -0.2) is 31.6 Å². The number of aromatic hydroxyl groups is 1. The van der Waals surface area contributed by atoms with Crippen molar-refractivity contribution in [2.75, 3.05) is 14.2 Å². The maximum Gasteiger partial charge on any atom is 0.341 e. The lowest BCUT2D eigenvalue weighted by molar-refractivity contribution is -0.107. The molecule has 0 atom stereocenters. The smallest absolute Gasteiger partial charge is 0.341 e. The number of phenols is 1. The maximum atomic E-state index is 11.4. The summed E-state index contributed by atoms with van der Waals surface area (Å²) in [7, 11) is 2.53. The third-order valence-corrected chi connectivity index (χ3v) is 2.48. The van der Waals surface area contributed by atoms with Crippen molar-refractivity contribution in [2.45, 2.75) is 6.42 Å². The molecule has 17 heavy (non-hydrogen) atoms. The van der Waals surface area contributed by atoms with Crippen LogP contribution in [0.2, 0.25) is 5.02 Å². The molecule has 0 heterocycles. The Kier molecular flexibility index (Phi) is 4.34. The minimum Gasteiger partial charge on any atom is -0.507 e. The summed E-state index contributed by atoms with van der Waals surface area (Å²) < 4.78 is 9.47. The highest BCUT2D eigenvalue weighted by Crippen LogP contribution is 2.38. The maximum absolute atomic E-state index is 11.4. The molecule has 0 bridgehead atoms. The van der Waals surface area contributed by atoms with Crippen LogP contribution in [-0.2, 0) is 16.0 Å². The number of carbonyl (C=O) groups excluding carboxylic acids is 2. The molecular weight excluding hydrogens is 248 g/mol. The van der Waals surface area contributed by atoms with Crippen LogP contribution in [0.3, 0.4) is 0 Å². The standard InChI is InChI=1S/C11H11ClO5/c1-16-10-6(3-4-13)9(14)7(5-8(10)12)11(15)17-2/h4-5,14H,3H2,1-2H3. The molecule has 0 unspecified atom stereocenters. The van der Waals surface area contributed by atoms with Crippen LogP contribution >= 0.6 is 11.6 Å². The van der Waals surface area contributed by atoms with Crippen LogP contribution < -0.4 is 4.74 Å². The van der Waals surface area contributed by atoms with E-state index in [0.717, 1.165) is 0 Å². The first-order valence-corrected chi connectivity index (χ1v) is 5.04. The Morgan fingerprint density at radius 1 is 1.53 bits per heavy atom. The molecule has 0 radical (unpaired) electrons. The second-order valence-electron chi connectivity index (χ2n) is 3.13. The van der Waals surface area contributed by atoms with E-state index >= 15 is 0 Å². The van der Waals surface area contributed by atoms with Gasteiger partial charge in [-0.1, -0.05) is 11.6 Å². The normalized spacial score (nSPS) is 9.82. The van der Waals surface area contributed by atoms with Crippen LogP contribution in [0.4, 0.5) is 0 Å². The van der Waals surface area contributed by atoms with Crippen molar-refractivity contribution in [3.8, 4) is 11.5 Å². The lowest BCUT2D eigenvalue weighted by Crippen LogP contribution is -2.05. The van der Waals surface area contributed by atoms with Crippen LogP contribution in [0, 0.1) is 0 Å². The largest absolute Gasteiger partial charge is 0.507 e. The molecule has 0 aliphatic carbocycles. The average Bonchev–Trinajstić information content (AvgIpc) is 2.33. The molecule has 1 aromatic rings. The molecule has 0 saturated carbocycles. The monoisotopic (exact) mass is 258 g/mol. The summed E-state index contributed by atoms with van der Waals surface area (Å²) in [6.45, 7) is 0. The van der Waals surface area contributed by atoms with Crippen LogP contribution in [0.15, 0.2) is 6.07 Å². The first kappa shape index (κ1) is 13.3. The fourth-order valence-corrected chi connectivity index (χ4v) is 1.73. The van der Waals surface area contributed by atoms with Crippen molar-refractivity contribution in [1.82, 2.24) is 0 Å². The Morgan fingerprint density at radius 2 is 2.18 bits per heavy atom. The van der Waals surface area contributed by atoms with Gasteiger partial charge in [0.1, 0.15) is 23.3 Å². The Balaban J connectivity index is 3.47. The topological polar surface area (TPSA) is 72.8 Å². The number of hydrogen-bond donors (Lipinski definition) is 1. The number of phenolic OH excluding ortho intramolecular Hbond substituents is 1. The number of aldehydes is 1. The number of rotatable bonds is 4. The summed E-state index contributed by atoms with van der Waals surface area (Å²) in [6, 6.07) is 1.23. The van der Waals surface area contributed by atoms with E-state index in [0.29, 0.717) is 6.29 Å². The van der Waals surface area contributed by atoms with Crippen molar-refractivity contribution >= 4 is 23.9 Å². The number of esters is 1. The molecule has 0 fully saturated rings. The number of hydrogen-bond acceptors (Lipinski definition) is 5. The molecule has 92 valence electrons. The van der Waals surface area contributed by atoms with Gasteiger partial charge >= 0.3 is 5.97 Å². The quantitative estimate of drug-likeness (QED) is 0.656. The lowest BCUT2D eigenvalue weighted by Gasteiger charge is -2.13. The summed E-state index contributed by atoms with van der Waals surface area (Å²) in [4.78, 5) is 21.9. The van der Waals surface area contributed by atoms with Gasteiger partial charge in [-0.25, -0.2) is 4.79 Å². The molecule has 0 saturated heterocycles. The fraction of sp³-hybridized carbons (Fsp3) is 0.273. The molecule has 6 heteroatoms. The highest BCUT2D eigenvalue weighted by molar-refractivity contribution is 6.32. The number of benzene rings is 1. The zero-order chi connectivity index (χ0) is 13.0. The van der Waals surface area contributed by atoms with E-state index in [1.54, 1.807) is 0 Å². The number of halogens is 1. The van der Waals surface area contributed by atoms with Gasteiger partial charge in [-0.3, -0.25) is 0 Å². The Labute approximate surface area is 103 Å². The van der Waals surface area contributed by atoms with E-state index in [2.05, 4.69) is 4.74 Å². The zero-order valence-corrected chi connectivity index (χ0v) is 10.1. The van der Waals surface area contributed by atoms with Gasteiger partial charge in [0.25, 0.3) is 0 Å². The highest BCUT2D eigenvalue weighted by atomic mass is 35.5. The van der Waals surface area contributed by atoms with Crippen molar-refractivity contribution < 1.29 is 24.2 Å². The highest BCUT2D eigenvalue weighted by Gasteiger charge is 2.21. The van der Waals surface area contributed by atoms with E-state index in [1.807, 2.05) is 0 Å². The summed E-state index contributed by atoms with van der Waals surface area (Å²) in [5.41, 5.74) is 0.0607. The fourth-order valence-electron chi connectivity index (χ4n) is 1.43. The molecule has 5 nitrogen and oxygen atoms in total. The van der Waals surface area contributed by atoms with E-state index < -0.39 is 5.97 Å². The number of methoxy groups -OCH3 is 2. The van der Waals surface area contributed by atoms with Crippen LogP contribution in [0.1, 0.15) is 15.9 Å². The van der Waals surface area contributed by atoms with E-state index in [9.17, 15) is 14.7 Å². The third-order valence-electron chi connectivity index (χ3n) is 2.20. The van der Waals surface area contributed by atoms with Gasteiger partial charge in [0.2, 0.25) is 0 Å². The second-order valence-corrected chi connectivity index (χ2v) is 3.54. The van der Waals surface area contributed by atoms with E-state index in [1.165, 1.54) is 20.3 Å². The first-order valence-electron chi connectivity index (χ1n) is 4.67. The van der Waals surface area contributed by atoms with Crippen molar-refractivity contribution in [1.29, 1.82) is 0 Å². The van der Waals surface area contributed by atoms with Gasteiger partial charge in [-0.05, 0) is 6.07 Å². The van der Waals surface area contributed by atoms with Crippen molar-refractivity contribution in [3.05, 3.63) is 22.2 Å². The predicted octanol–water partition coefficient (Wildman–Crippen LogP) is 1.58. The summed E-state index contributed by atoms with van der Waals surface area (Å²) in [6.07, 6.45) is 0.467. The molecule has 0 aliphatic heterocycles. The van der Waals surface area contributed by atoms with Crippen molar-refractivity contribution in [2.24, 2.45) is 0 Å². The van der Waals surface area contributed by atoms with Gasteiger partial charge in [0, 0.05) is 12.0 Å². The Hall–Kier alpha value is -1.75. The first-order chi connectivity index (χ1) is 8.06. The average molecular weight is 259 g/mol. The minimum atomic E-state index is -0.737. The Morgan fingerprint density at radius 3 is 2.65 bits per heavy atom. The van der Waals surface area contributed by atoms with Crippen molar-refractivity contribution in [3.63, 3.8) is 0 Å². The molecule has 0 aromatic heterocycles. The summed E-state index contributed by atoms with van der Waals surface area (Å²) >= 11 is 5.88. The molecule has 1 aromatic carbocycles. The number of carbonyl (C=O) groups is 2. The lowest BCUT2D eigenvalue weighted by atomic mass is 10.0. The number of ether oxygens (including phenoxy) is 2. The second kappa shape index (κ2) is 5.54. The van der Waals surface area contributed by atoms with Gasteiger partial charge in [0.15, 0.2) is 0 Å². The molecule has 0 amide bonds. The summed E-state index contributed by atoms with van der Waals surface area (Å²) in [5.74, 6) is -0.923. The van der Waals surface area contributed by atoms with E-state index in [4.69, 9.17) is 16.3 Å². The Bertz CT molecular complexity index is 456. The van der Waals surface area contributed by atoms with Gasteiger partial charge in [0.05, 0.1) is 19.2 Å². The SMILES string of the molecule is COC(=O)c1cc(Cl)c(OC)c(CC=O)c1O. The van der Waals surface area contributed by atoms with Gasteiger partial charge in [-0.15, -0.1) is 0 Å². The molecule has 1 rings (SSSR count). The van der Waals surface area contributed by atoms with Gasteiger partial charge < -0.3 is 19.4 Å². The molecule has 1 N–H and O–H groups in total. The third kappa shape index (κ3) is 2.50. The minimum absolute atomic E-state index is 0.102. The van der Waals surface area contributed by atoms with Crippen LogP contribution in [0.25, 0.3) is 0 Å². The summed E-state index contributed by atoms with van der Waals surface area (Å²) in [5, 5.41) is 9.99. The predicted molar refractivity (Wildman–Crippen MR) is 60.8 cm³/mol.